The summed E-state index contributed by atoms with van der Waals surface area (Å²) in [5.41, 5.74) is 6.93. The summed E-state index contributed by atoms with van der Waals surface area (Å²) in [4.78, 5) is 11.5. The van der Waals surface area contributed by atoms with E-state index in [1.165, 1.54) is 0 Å². The molecular formula is C10H13ClN2O2. The van der Waals surface area contributed by atoms with Crippen molar-refractivity contribution in [2.45, 2.75) is 13.0 Å². The fourth-order valence-electron chi connectivity index (χ4n) is 1.51. The van der Waals surface area contributed by atoms with Gasteiger partial charge in [0.05, 0.1) is 5.52 Å². The lowest BCUT2D eigenvalue weighted by Gasteiger charge is -2.08. The second kappa shape index (κ2) is 4.51. The van der Waals surface area contributed by atoms with Gasteiger partial charge in [-0.3, -0.25) is 4.57 Å². The molecule has 0 aliphatic heterocycles. The minimum atomic E-state index is -0.343. The second-order valence-corrected chi connectivity index (χ2v) is 3.29. The maximum Gasteiger partial charge on any atom is 0.420 e. The van der Waals surface area contributed by atoms with Gasteiger partial charge in [-0.25, -0.2) is 4.79 Å². The highest BCUT2D eigenvalue weighted by molar-refractivity contribution is 5.85. The Morgan fingerprint density at radius 2 is 2.13 bits per heavy atom. The number of hydrogen-bond donors (Lipinski definition) is 1. The summed E-state index contributed by atoms with van der Waals surface area (Å²) in [6.45, 7) is 2.31. The lowest BCUT2D eigenvalue weighted by atomic mass is 10.3. The summed E-state index contributed by atoms with van der Waals surface area (Å²) in [6, 6.07) is 7.30. The number of hydrogen-bond acceptors (Lipinski definition) is 3. The van der Waals surface area contributed by atoms with Crippen molar-refractivity contribution in [3.8, 4) is 0 Å². The maximum absolute atomic E-state index is 11.5. The van der Waals surface area contributed by atoms with Crippen LogP contribution in [0.15, 0.2) is 33.5 Å². The van der Waals surface area contributed by atoms with Crippen LogP contribution in [0.4, 0.5) is 0 Å². The van der Waals surface area contributed by atoms with Crippen LogP contribution in [0.5, 0.6) is 0 Å². The summed E-state index contributed by atoms with van der Waals surface area (Å²) in [5.74, 6) is -0.343. The predicted molar refractivity (Wildman–Crippen MR) is 61.5 cm³/mol. The molecule has 0 aliphatic carbocycles. The summed E-state index contributed by atoms with van der Waals surface area (Å²) < 4.78 is 6.65. The zero-order valence-corrected chi connectivity index (χ0v) is 9.16. The fourth-order valence-corrected chi connectivity index (χ4v) is 1.51. The number of para-hydroxylation sites is 2. The first kappa shape index (κ1) is 11.8. The van der Waals surface area contributed by atoms with E-state index in [2.05, 4.69) is 0 Å². The van der Waals surface area contributed by atoms with Crippen LogP contribution in [0.2, 0.25) is 0 Å². The van der Waals surface area contributed by atoms with Crippen LogP contribution < -0.4 is 11.5 Å². The fraction of sp³-hybridized carbons (Fsp3) is 0.300. The SMILES string of the molecule is CC(CN)n1c(=O)oc2ccccc21.Cl. The molecule has 5 heteroatoms. The number of benzene rings is 1. The number of rotatable bonds is 2. The topological polar surface area (TPSA) is 61.2 Å². The zero-order valence-electron chi connectivity index (χ0n) is 8.34. The summed E-state index contributed by atoms with van der Waals surface area (Å²) in [7, 11) is 0. The molecule has 0 radical (unpaired) electrons. The van der Waals surface area contributed by atoms with Gasteiger partial charge in [-0.2, -0.15) is 0 Å². The monoisotopic (exact) mass is 228 g/mol. The van der Waals surface area contributed by atoms with E-state index in [0.717, 1.165) is 5.52 Å². The van der Waals surface area contributed by atoms with E-state index in [-0.39, 0.29) is 24.2 Å². The highest BCUT2D eigenvalue weighted by Gasteiger charge is 2.12. The summed E-state index contributed by atoms with van der Waals surface area (Å²) >= 11 is 0. The van der Waals surface area contributed by atoms with Crippen molar-refractivity contribution in [3.05, 3.63) is 34.8 Å². The van der Waals surface area contributed by atoms with Crippen molar-refractivity contribution in [1.29, 1.82) is 0 Å². The maximum atomic E-state index is 11.5. The number of halogens is 1. The lowest BCUT2D eigenvalue weighted by Crippen LogP contribution is -2.24. The molecule has 0 saturated heterocycles. The Kier molecular flexibility index (Phi) is 3.55. The van der Waals surface area contributed by atoms with Crippen LogP contribution in [-0.2, 0) is 0 Å². The van der Waals surface area contributed by atoms with Gasteiger partial charge < -0.3 is 10.2 Å². The standard InChI is InChI=1S/C10H12N2O2.ClH/c1-7(6-11)12-8-4-2-3-5-9(8)14-10(12)13;/h2-5,7H,6,11H2,1H3;1H. The molecule has 0 amide bonds. The van der Waals surface area contributed by atoms with Crippen molar-refractivity contribution in [1.82, 2.24) is 4.57 Å². The number of fused-ring (bicyclic) bond motifs is 1. The molecular weight excluding hydrogens is 216 g/mol. The van der Waals surface area contributed by atoms with Gasteiger partial charge in [-0.05, 0) is 19.1 Å². The van der Waals surface area contributed by atoms with E-state index in [4.69, 9.17) is 10.2 Å². The minimum Gasteiger partial charge on any atom is -0.408 e. The van der Waals surface area contributed by atoms with Crippen LogP contribution in [0.1, 0.15) is 13.0 Å². The quantitative estimate of drug-likeness (QED) is 0.848. The first-order valence-corrected chi connectivity index (χ1v) is 4.54. The van der Waals surface area contributed by atoms with E-state index >= 15 is 0 Å². The van der Waals surface area contributed by atoms with Gasteiger partial charge in [0.25, 0.3) is 0 Å². The Morgan fingerprint density at radius 3 is 2.80 bits per heavy atom. The number of nitrogens with two attached hydrogens (primary N) is 1. The normalized spacial score (nSPS) is 12.4. The van der Waals surface area contributed by atoms with Crippen LogP contribution in [0.3, 0.4) is 0 Å². The van der Waals surface area contributed by atoms with Crippen molar-refractivity contribution < 1.29 is 4.42 Å². The van der Waals surface area contributed by atoms with E-state index in [9.17, 15) is 4.79 Å². The zero-order chi connectivity index (χ0) is 10.1. The third-order valence-electron chi connectivity index (χ3n) is 2.30. The van der Waals surface area contributed by atoms with E-state index in [1.807, 2.05) is 25.1 Å². The van der Waals surface area contributed by atoms with E-state index in [0.29, 0.717) is 12.1 Å². The van der Waals surface area contributed by atoms with Gasteiger partial charge >= 0.3 is 5.76 Å². The van der Waals surface area contributed by atoms with Gasteiger partial charge in [0.2, 0.25) is 0 Å². The molecule has 2 rings (SSSR count). The predicted octanol–water partition coefficient (Wildman–Crippen LogP) is 1.54. The smallest absolute Gasteiger partial charge is 0.408 e. The van der Waals surface area contributed by atoms with Crippen molar-refractivity contribution >= 4 is 23.5 Å². The van der Waals surface area contributed by atoms with Crippen molar-refractivity contribution in [3.63, 3.8) is 0 Å². The summed E-state index contributed by atoms with van der Waals surface area (Å²) in [5, 5.41) is 0. The molecule has 2 N–H and O–H groups in total. The van der Waals surface area contributed by atoms with Crippen molar-refractivity contribution in [2.75, 3.05) is 6.54 Å². The van der Waals surface area contributed by atoms with E-state index < -0.39 is 0 Å². The molecule has 1 heterocycles. The van der Waals surface area contributed by atoms with Crippen LogP contribution in [0, 0.1) is 0 Å². The van der Waals surface area contributed by atoms with Gasteiger partial charge in [-0.15, -0.1) is 12.4 Å². The first-order valence-electron chi connectivity index (χ1n) is 4.54. The van der Waals surface area contributed by atoms with Gasteiger partial charge in [0, 0.05) is 12.6 Å². The molecule has 82 valence electrons. The van der Waals surface area contributed by atoms with Crippen LogP contribution in [-0.4, -0.2) is 11.1 Å². The van der Waals surface area contributed by atoms with E-state index in [1.54, 1.807) is 10.6 Å². The highest BCUT2D eigenvalue weighted by atomic mass is 35.5. The molecule has 4 nitrogen and oxygen atoms in total. The minimum absolute atomic E-state index is 0. The number of nitrogens with zero attached hydrogens (tertiary/aromatic N) is 1. The van der Waals surface area contributed by atoms with Crippen LogP contribution >= 0.6 is 12.4 Å². The molecule has 1 unspecified atom stereocenters. The molecule has 1 atom stereocenters. The molecule has 1 aromatic heterocycles. The van der Waals surface area contributed by atoms with Gasteiger partial charge in [0.1, 0.15) is 0 Å². The second-order valence-electron chi connectivity index (χ2n) is 3.29. The number of aromatic nitrogens is 1. The van der Waals surface area contributed by atoms with Gasteiger partial charge in [-0.1, -0.05) is 12.1 Å². The molecule has 1 aromatic carbocycles. The molecule has 2 aromatic rings. The largest absolute Gasteiger partial charge is 0.420 e. The third kappa shape index (κ3) is 1.91. The third-order valence-corrected chi connectivity index (χ3v) is 2.30. The van der Waals surface area contributed by atoms with Crippen molar-refractivity contribution in [2.24, 2.45) is 5.73 Å². The first-order chi connectivity index (χ1) is 6.74. The molecule has 0 spiro atoms. The Labute approximate surface area is 93.1 Å². The van der Waals surface area contributed by atoms with Crippen LogP contribution in [0.25, 0.3) is 11.1 Å². The molecule has 0 saturated carbocycles. The Morgan fingerprint density at radius 1 is 1.47 bits per heavy atom. The summed E-state index contributed by atoms with van der Waals surface area (Å²) in [6.07, 6.45) is 0. The Bertz CT molecular complexity index is 503. The Hall–Kier alpha value is -1.26. The molecule has 0 fully saturated rings. The lowest BCUT2D eigenvalue weighted by molar-refractivity contribution is 0.464. The average Bonchev–Trinajstić information content (AvgIpc) is 2.53. The molecule has 0 aliphatic rings. The highest BCUT2D eigenvalue weighted by Crippen LogP contribution is 2.15. The molecule has 15 heavy (non-hydrogen) atoms. The average molecular weight is 229 g/mol. The molecule has 0 bridgehead atoms. The van der Waals surface area contributed by atoms with Gasteiger partial charge in [0.15, 0.2) is 5.58 Å². The Balaban J connectivity index is 0.00000112. The number of oxazole rings is 1.